The van der Waals surface area contributed by atoms with Gasteiger partial charge in [0.1, 0.15) is 6.54 Å². The topological polar surface area (TPSA) is 91.2 Å². The molecule has 0 atom stereocenters. The van der Waals surface area contributed by atoms with Gasteiger partial charge < -0.3 is 10.4 Å². The summed E-state index contributed by atoms with van der Waals surface area (Å²) >= 11 is 1.58. The highest BCUT2D eigenvalue weighted by atomic mass is 32.1. The van der Waals surface area contributed by atoms with Crippen LogP contribution in [0.3, 0.4) is 0 Å². The number of carbonyl (C=O) groups is 1. The third-order valence-electron chi connectivity index (χ3n) is 2.47. The number of hydrogen-bond acceptors (Lipinski definition) is 7. The fraction of sp³-hybridized carbons (Fsp3) is 0.333. The van der Waals surface area contributed by atoms with Gasteiger partial charge in [0.25, 0.3) is 0 Å². The molecule has 0 fully saturated rings. The van der Waals surface area contributed by atoms with Crippen LogP contribution in [0.5, 0.6) is 0 Å². The predicted octanol–water partition coefficient (Wildman–Crippen LogP) is 1.06. The summed E-state index contributed by atoms with van der Waals surface area (Å²) in [4.78, 5) is 24.9. The summed E-state index contributed by atoms with van der Waals surface area (Å²) in [5.74, 6) is -0.626. The summed E-state index contributed by atoms with van der Waals surface area (Å²) in [6, 6.07) is 0. The van der Waals surface area contributed by atoms with E-state index in [0.717, 1.165) is 17.8 Å². The van der Waals surface area contributed by atoms with Crippen molar-refractivity contribution in [1.29, 1.82) is 0 Å². The van der Waals surface area contributed by atoms with Gasteiger partial charge in [-0.2, -0.15) is 0 Å². The van der Waals surface area contributed by atoms with Crippen molar-refractivity contribution in [2.45, 2.75) is 13.1 Å². The molecule has 2 heterocycles. The van der Waals surface area contributed by atoms with Crippen molar-refractivity contribution < 1.29 is 9.90 Å². The molecule has 0 unspecified atom stereocenters. The zero-order valence-electron chi connectivity index (χ0n) is 11.0. The largest absolute Gasteiger partial charge is 0.480 e. The molecule has 7 nitrogen and oxygen atoms in total. The summed E-state index contributed by atoms with van der Waals surface area (Å²) in [7, 11) is 2.00. The lowest BCUT2D eigenvalue weighted by atomic mass is 10.3. The van der Waals surface area contributed by atoms with Crippen molar-refractivity contribution in [3.05, 3.63) is 34.5 Å². The number of aliphatic carboxylic acids is 1. The van der Waals surface area contributed by atoms with Crippen molar-refractivity contribution in [1.82, 2.24) is 19.9 Å². The van der Waals surface area contributed by atoms with Crippen molar-refractivity contribution in [2.75, 3.05) is 18.9 Å². The number of aromatic nitrogens is 3. The quantitative estimate of drug-likeness (QED) is 0.788. The highest BCUT2D eigenvalue weighted by molar-refractivity contribution is 7.07. The normalized spacial score (nSPS) is 10.7. The molecule has 0 amide bonds. The number of nitrogens with zero attached hydrogens (tertiary/aromatic N) is 4. The molecule has 0 aromatic carbocycles. The molecule has 8 heteroatoms. The second-order valence-corrected chi connectivity index (χ2v) is 5.03. The van der Waals surface area contributed by atoms with Gasteiger partial charge in [0.05, 0.1) is 11.2 Å². The van der Waals surface area contributed by atoms with E-state index in [1.807, 2.05) is 17.9 Å². The zero-order valence-corrected chi connectivity index (χ0v) is 11.8. The van der Waals surface area contributed by atoms with Gasteiger partial charge in [-0.1, -0.05) is 0 Å². The summed E-state index contributed by atoms with van der Waals surface area (Å²) in [5, 5.41) is 13.2. The smallest absolute Gasteiger partial charge is 0.322 e. The maximum Gasteiger partial charge on any atom is 0.322 e. The van der Waals surface area contributed by atoms with Crippen LogP contribution in [0.15, 0.2) is 23.3 Å². The van der Waals surface area contributed by atoms with Crippen LogP contribution in [0.4, 0.5) is 5.95 Å². The predicted molar refractivity (Wildman–Crippen MR) is 75.4 cm³/mol. The lowest BCUT2D eigenvalue weighted by Gasteiger charge is -2.14. The average Bonchev–Trinajstić information content (AvgIpc) is 2.90. The van der Waals surface area contributed by atoms with Gasteiger partial charge in [-0.15, -0.1) is 11.3 Å². The lowest BCUT2D eigenvalue weighted by Crippen LogP contribution is -2.18. The first-order valence-corrected chi connectivity index (χ1v) is 6.90. The van der Waals surface area contributed by atoms with Gasteiger partial charge in [0.2, 0.25) is 5.95 Å². The Hall–Kier alpha value is -2.06. The summed E-state index contributed by atoms with van der Waals surface area (Å²) in [6.45, 7) is 1.28. The van der Waals surface area contributed by atoms with Gasteiger partial charge >= 0.3 is 5.97 Å². The van der Waals surface area contributed by atoms with Gasteiger partial charge in [0, 0.05) is 36.4 Å². The molecule has 0 spiro atoms. The first-order valence-electron chi connectivity index (χ1n) is 5.95. The van der Waals surface area contributed by atoms with Crippen LogP contribution in [-0.2, 0) is 17.9 Å². The standard InChI is InChI=1S/C12H15N5O2S/c1-17(6-10-7-20-8-16-10)5-9-2-13-12(14-3-9)15-4-11(18)19/h2-3,7-8H,4-6H2,1H3,(H,18,19)(H,13,14,15). The van der Waals surface area contributed by atoms with Crippen LogP contribution in [0.1, 0.15) is 11.3 Å². The third kappa shape index (κ3) is 4.56. The van der Waals surface area contributed by atoms with E-state index in [0.29, 0.717) is 12.5 Å². The first-order chi connectivity index (χ1) is 9.63. The van der Waals surface area contributed by atoms with Gasteiger partial charge in [-0.05, 0) is 7.05 Å². The molecule has 0 aliphatic carbocycles. The fourth-order valence-corrected chi connectivity index (χ4v) is 2.19. The summed E-state index contributed by atoms with van der Waals surface area (Å²) in [5.41, 5.74) is 3.82. The average molecular weight is 293 g/mol. The Balaban J connectivity index is 1.85. The number of thiazole rings is 1. The number of nitrogens with one attached hydrogen (secondary N) is 1. The molecule has 0 radical (unpaired) electrons. The molecule has 0 bridgehead atoms. The fourth-order valence-electron chi connectivity index (χ4n) is 1.64. The first kappa shape index (κ1) is 14.4. The summed E-state index contributed by atoms with van der Waals surface area (Å²) in [6.07, 6.45) is 3.38. The maximum absolute atomic E-state index is 10.4. The molecular weight excluding hydrogens is 278 g/mol. The van der Waals surface area contributed by atoms with Gasteiger partial charge in [-0.3, -0.25) is 9.69 Å². The van der Waals surface area contributed by atoms with E-state index < -0.39 is 5.97 Å². The van der Waals surface area contributed by atoms with Crippen molar-refractivity contribution in [2.24, 2.45) is 0 Å². The molecule has 106 valence electrons. The molecule has 2 N–H and O–H groups in total. The van der Waals surface area contributed by atoms with Crippen molar-refractivity contribution >= 4 is 23.3 Å². The molecule has 0 aliphatic rings. The number of rotatable bonds is 7. The van der Waals surface area contributed by atoms with E-state index in [1.54, 1.807) is 23.7 Å². The molecule has 2 aromatic rings. The third-order valence-corrected chi connectivity index (χ3v) is 3.11. The van der Waals surface area contributed by atoms with Gasteiger partial charge in [0.15, 0.2) is 0 Å². The maximum atomic E-state index is 10.4. The number of carboxylic acid groups (broad SMARTS) is 1. The Labute approximate surface area is 120 Å². The zero-order chi connectivity index (χ0) is 14.4. The minimum atomic E-state index is -0.944. The van der Waals surface area contributed by atoms with Crippen LogP contribution in [-0.4, -0.2) is 44.5 Å². The molecule has 0 saturated carbocycles. The van der Waals surface area contributed by atoms with E-state index in [2.05, 4.69) is 25.2 Å². The number of anilines is 1. The van der Waals surface area contributed by atoms with Crippen LogP contribution >= 0.6 is 11.3 Å². The Morgan fingerprint density at radius 2 is 2.10 bits per heavy atom. The van der Waals surface area contributed by atoms with Crippen LogP contribution in [0, 0.1) is 0 Å². The molecular formula is C12H15N5O2S. The van der Waals surface area contributed by atoms with Crippen molar-refractivity contribution in [3.63, 3.8) is 0 Å². The van der Waals surface area contributed by atoms with Crippen LogP contribution in [0.2, 0.25) is 0 Å². The summed E-state index contributed by atoms with van der Waals surface area (Å²) < 4.78 is 0. The monoisotopic (exact) mass is 293 g/mol. The molecule has 0 saturated heterocycles. The number of carboxylic acids is 1. The minimum absolute atomic E-state index is 0.191. The minimum Gasteiger partial charge on any atom is -0.480 e. The Morgan fingerprint density at radius 1 is 1.35 bits per heavy atom. The highest BCUT2D eigenvalue weighted by Gasteiger charge is 2.05. The second-order valence-electron chi connectivity index (χ2n) is 4.31. The van der Waals surface area contributed by atoms with E-state index in [-0.39, 0.29) is 6.54 Å². The van der Waals surface area contributed by atoms with Crippen LogP contribution < -0.4 is 5.32 Å². The molecule has 0 aliphatic heterocycles. The van der Waals surface area contributed by atoms with E-state index in [4.69, 9.17) is 5.11 Å². The van der Waals surface area contributed by atoms with E-state index in [1.165, 1.54) is 0 Å². The Morgan fingerprint density at radius 3 is 2.70 bits per heavy atom. The number of hydrogen-bond donors (Lipinski definition) is 2. The Kier molecular flexibility index (Phi) is 4.97. The highest BCUT2D eigenvalue weighted by Crippen LogP contribution is 2.08. The molecule has 2 rings (SSSR count). The SMILES string of the molecule is CN(Cc1cnc(NCC(=O)O)nc1)Cc1cscn1. The van der Waals surface area contributed by atoms with Gasteiger partial charge in [-0.25, -0.2) is 15.0 Å². The molecule has 20 heavy (non-hydrogen) atoms. The van der Waals surface area contributed by atoms with E-state index in [9.17, 15) is 4.79 Å². The van der Waals surface area contributed by atoms with Crippen molar-refractivity contribution in [3.8, 4) is 0 Å². The Bertz CT molecular complexity index is 543. The second kappa shape index (κ2) is 6.92. The lowest BCUT2D eigenvalue weighted by molar-refractivity contribution is -0.134. The molecule has 2 aromatic heterocycles. The van der Waals surface area contributed by atoms with Crippen LogP contribution in [0.25, 0.3) is 0 Å². The van der Waals surface area contributed by atoms with E-state index >= 15 is 0 Å².